The molecule has 0 aliphatic rings. The average Bonchev–Trinajstić information content (AvgIpc) is 2.34. The van der Waals surface area contributed by atoms with Gasteiger partial charge >= 0.3 is 5.69 Å². The average molecular weight is 245 g/mol. The third-order valence-electron chi connectivity index (χ3n) is 2.63. The van der Waals surface area contributed by atoms with Crippen molar-refractivity contribution in [2.75, 3.05) is 11.9 Å². The lowest BCUT2D eigenvalue weighted by atomic mass is 10.2. The minimum atomic E-state index is -0.381. The Morgan fingerprint density at radius 1 is 1.17 bits per heavy atom. The SMILES string of the molecule is Cc1ccc(NCCn2ccc(=O)[nH]c2=O)cc1. The second-order valence-electron chi connectivity index (χ2n) is 4.10. The minimum absolute atomic E-state index is 0.372. The van der Waals surface area contributed by atoms with Crippen LogP contribution in [0.25, 0.3) is 0 Å². The summed E-state index contributed by atoms with van der Waals surface area (Å²) < 4.78 is 1.46. The molecule has 0 aliphatic carbocycles. The van der Waals surface area contributed by atoms with Gasteiger partial charge in [-0.25, -0.2) is 4.79 Å². The molecule has 5 heteroatoms. The van der Waals surface area contributed by atoms with Crippen LogP contribution >= 0.6 is 0 Å². The van der Waals surface area contributed by atoms with Gasteiger partial charge in [0.25, 0.3) is 5.56 Å². The predicted octanol–water partition coefficient (Wildman–Crippen LogP) is 0.957. The van der Waals surface area contributed by atoms with Gasteiger partial charge in [-0.3, -0.25) is 14.3 Å². The molecule has 1 heterocycles. The molecule has 0 bridgehead atoms. The smallest absolute Gasteiger partial charge is 0.328 e. The molecule has 2 aromatic rings. The lowest BCUT2D eigenvalue weighted by molar-refractivity contribution is 0.669. The van der Waals surface area contributed by atoms with Gasteiger partial charge in [-0.1, -0.05) is 17.7 Å². The van der Waals surface area contributed by atoms with E-state index in [0.29, 0.717) is 13.1 Å². The second-order valence-corrected chi connectivity index (χ2v) is 4.10. The highest BCUT2D eigenvalue weighted by molar-refractivity contribution is 5.44. The van der Waals surface area contributed by atoms with Gasteiger partial charge in [-0.2, -0.15) is 0 Å². The van der Waals surface area contributed by atoms with Crippen molar-refractivity contribution in [3.8, 4) is 0 Å². The van der Waals surface area contributed by atoms with Crippen LogP contribution in [-0.4, -0.2) is 16.1 Å². The predicted molar refractivity (Wildman–Crippen MR) is 71.0 cm³/mol. The normalized spacial score (nSPS) is 10.3. The fourth-order valence-electron chi connectivity index (χ4n) is 1.61. The van der Waals surface area contributed by atoms with Crippen molar-refractivity contribution in [2.24, 2.45) is 0 Å². The quantitative estimate of drug-likeness (QED) is 0.843. The molecule has 0 unspecified atom stereocenters. The van der Waals surface area contributed by atoms with E-state index in [1.165, 1.54) is 22.4 Å². The van der Waals surface area contributed by atoms with E-state index in [0.717, 1.165) is 5.69 Å². The maximum Gasteiger partial charge on any atom is 0.328 e. The van der Waals surface area contributed by atoms with Gasteiger partial charge in [0.1, 0.15) is 0 Å². The Balaban J connectivity index is 1.94. The Morgan fingerprint density at radius 2 is 1.89 bits per heavy atom. The van der Waals surface area contributed by atoms with E-state index < -0.39 is 0 Å². The number of aryl methyl sites for hydroxylation is 1. The summed E-state index contributed by atoms with van der Waals surface area (Å²) in [5.74, 6) is 0. The zero-order valence-corrected chi connectivity index (χ0v) is 10.1. The maximum atomic E-state index is 11.4. The van der Waals surface area contributed by atoms with Crippen LogP contribution < -0.4 is 16.6 Å². The monoisotopic (exact) mass is 245 g/mol. The van der Waals surface area contributed by atoms with Crippen LogP contribution in [0.15, 0.2) is 46.1 Å². The molecule has 0 amide bonds. The minimum Gasteiger partial charge on any atom is -0.383 e. The third kappa shape index (κ3) is 3.10. The highest BCUT2D eigenvalue weighted by Crippen LogP contribution is 2.07. The number of nitrogens with one attached hydrogen (secondary N) is 2. The first-order valence-electron chi connectivity index (χ1n) is 5.75. The Morgan fingerprint density at radius 3 is 2.56 bits per heavy atom. The van der Waals surface area contributed by atoms with E-state index in [4.69, 9.17) is 0 Å². The van der Waals surface area contributed by atoms with E-state index in [1.807, 2.05) is 31.2 Å². The van der Waals surface area contributed by atoms with Crippen LogP contribution in [0.5, 0.6) is 0 Å². The zero-order chi connectivity index (χ0) is 13.0. The number of nitrogens with zero attached hydrogens (tertiary/aromatic N) is 1. The summed E-state index contributed by atoms with van der Waals surface area (Å²) in [5, 5.41) is 3.21. The van der Waals surface area contributed by atoms with Gasteiger partial charge in [-0.05, 0) is 19.1 Å². The van der Waals surface area contributed by atoms with Crippen molar-refractivity contribution in [3.05, 3.63) is 62.9 Å². The van der Waals surface area contributed by atoms with Crippen LogP contribution in [0.1, 0.15) is 5.56 Å². The Bertz CT molecular complexity index is 626. The van der Waals surface area contributed by atoms with Gasteiger partial charge in [0, 0.05) is 31.0 Å². The zero-order valence-electron chi connectivity index (χ0n) is 10.1. The van der Waals surface area contributed by atoms with Gasteiger partial charge in [0.2, 0.25) is 0 Å². The van der Waals surface area contributed by atoms with Crippen LogP contribution in [-0.2, 0) is 6.54 Å². The summed E-state index contributed by atoms with van der Waals surface area (Å²) in [7, 11) is 0. The highest BCUT2D eigenvalue weighted by atomic mass is 16.2. The summed E-state index contributed by atoms with van der Waals surface area (Å²) in [6.07, 6.45) is 1.50. The number of rotatable bonds is 4. The van der Waals surface area contributed by atoms with E-state index >= 15 is 0 Å². The molecule has 0 radical (unpaired) electrons. The van der Waals surface area contributed by atoms with Crippen LogP contribution in [0.2, 0.25) is 0 Å². The number of H-pyrrole nitrogens is 1. The molecule has 18 heavy (non-hydrogen) atoms. The molecule has 1 aromatic carbocycles. The van der Waals surface area contributed by atoms with E-state index in [9.17, 15) is 9.59 Å². The van der Waals surface area contributed by atoms with Crippen molar-refractivity contribution >= 4 is 5.69 Å². The van der Waals surface area contributed by atoms with Crippen LogP contribution in [0, 0.1) is 6.92 Å². The summed E-state index contributed by atoms with van der Waals surface area (Å²) in [5.41, 5.74) is 1.46. The van der Waals surface area contributed by atoms with E-state index in [2.05, 4.69) is 10.3 Å². The highest BCUT2D eigenvalue weighted by Gasteiger charge is 1.96. The molecule has 0 spiro atoms. The topological polar surface area (TPSA) is 66.9 Å². The molecule has 0 fully saturated rings. The first-order chi connectivity index (χ1) is 8.65. The molecule has 2 rings (SSSR count). The number of anilines is 1. The first-order valence-corrected chi connectivity index (χ1v) is 5.75. The largest absolute Gasteiger partial charge is 0.383 e. The molecular weight excluding hydrogens is 230 g/mol. The van der Waals surface area contributed by atoms with Gasteiger partial charge < -0.3 is 5.32 Å². The summed E-state index contributed by atoms with van der Waals surface area (Å²) in [6.45, 7) is 3.15. The number of aromatic amines is 1. The van der Waals surface area contributed by atoms with Gasteiger partial charge in [-0.15, -0.1) is 0 Å². The Kier molecular flexibility index (Phi) is 3.62. The Hall–Kier alpha value is -2.30. The third-order valence-corrected chi connectivity index (χ3v) is 2.63. The van der Waals surface area contributed by atoms with E-state index in [1.54, 1.807) is 0 Å². The fourth-order valence-corrected chi connectivity index (χ4v) is 1.61. The molecule has 0 atom stereocenters. The van der Waals surface area contributed by atoms with E-state index in [-0.39, 0.29) is 11.2 Å². The van der Waals surface area contributed by atoms with Crippen LogP contribution in [0.3, 0.4) is 0 Å². The van der Waals surface area contributed by atoms with Crippen molar-refractivity contribution in [2.45, 2.75) is 13.5 Å². The van der Waals surface area contributed by atoms with Crippen molar-refractivity contribution in [1.82, 2.24) is 9.55 Å². The van der Waals surface area contributed by atoms with Crippen molar-refractivity contribution in [3.63, 3.8) is 0 Å². The van der Waals surface area contributed by atoms with Crippen molar-refractivity contribution in [1.29, 1.82) is 0 Å². The molecular formula is C13H15N3O2. The first kappa shape index (κ1) is 12.2. The maximum absolute atomic E-state index is 11.4. The summed E-state index contributed by atoms with van der Waals surface area (Å²) in [4.78, 5) is 24.5. The summed E-state index contributed by atoms with van der Waals surface area (Å²) >= 11 is 0. The van der Waals surface area contributed by atoms with Crippen molar-refractivity contribution < 1.29 is 0 Å². The Labute approximate surface area is 104 Å². The fraction of sp³-hybridized carbons (Fsp3) is 0.231. The van der Waals surface area contributed by atoms with Gasteiger partial charge in [0.05, 0.1) is 0 Å². The standard InChI is InChI=1S/C13H15N3O2/c1-10-2-4-11(5-3-10)14-7-9-16-8-6-12(17)15-13(16)18/h2-6,8,14H,7,9H2,1H3,(H,15,17,18). The molecule has 5 nitrogen and oxygen atoms in total. The number of benzene rings is 1. The second kappa shape index (κ2) is 5.35. The number of hydrogen-bond donors (Lipinski definition) is 2. The molecule has 0 saturated carbocycles. The van der Waals surface area contributed by atoms with Crippen LogP contribution in [0.4, 0.5) is 5.69 Å². The summed E-state index contributed by atoms with van der Waals surface area (Å²) in [6, 6.07) is 9.37. The lowest BCUT2D eigenvalue weighted by Gasteiger charge is -2.08. The number of aromatic nitrogens is 2. The lowest BCUT2D eigenvalue weighted by Crippen LogP contribution is -2.30. The molecule has 1 aromatic heterocycles. The molecule has 2 N–H and O–H groups in total. The number of hydrogen-bond acceptors (Lipinski definition) is 3. The molecule has 0 saturated heterocycles. The molecule has 0 aliphatic heterocycles. The molecule has 94 valence electrons. The van der Waals surface area contributed by atoms with Gasteiger partial charge in [0.15, 0.2) is 0 Å².